The lowest BCUT2D eigenvalue weighted by Gasteiger charge is -2.34. The van der Waals surface area contributed by atoms with Crippen LogP contribution in [0, 0.1) is 5.82 Å². The molecule has 0 radical (unpaired) electrons. The van der Waals surface area contributed by atoms with Crippen molar-refractivity contribution in [3.63, 3.8) is 0 Å². The van der Waals surface area contributed by atoms with Gasteiger partial charge in [-0.05, 0) is 37.6 Å². The Morgan fingerprint density at radius 3 is 2.31 bits per heavy atom. The Balaban J connectivity index is 1.82. The van der Waals surface area contributed by atoms with Crippen molar-refractivity contribution in [2.24, 2.45) is 0 Å². The second kappa shape index (κ2) is 8.02. The SMILES string of the molecule is CCN1CCN(C(=O)c2ccc(F)c(S(=O)(=O)N3CCCCC3)c2)CC1. The fourth-order valence-corrected chi connectivity index (χ4v) is 5.14. The van der Waals surface area contributed by atoms with E-state index in [9.17, 15) is 17.6 Å². The van der Waals surface area contributed by atoms with Crippen molar-refractivity contribution < 1.29 is 17.6 Å². The van der Waals surface area contributed by atoms with Crippen LogP contribution in [0.4, 0.5) is 4.39 Å². The van der Waals surface area contributed by atoms with Crippen LogP contribution in [-0.2, 0) is 10.0 Å². The van der Waals surface area contributed by atoms with Crippen LogP contribution in [0.25, 0.3) is 0 Å². The molecule has 6 nitrogen and oxygen atoms in total. The molecule has 2 saturated heterocycles. The van der Waals surface area contributed by atoms with Crippen LogP contribution >= 0.6 is 0 Å². The lowest BCUT2D eigenvalue weighted by Crippen LogP contribution is -2.48. The molecule has 2 fully saturated rings. The lowest BCUT2D eigenvalue weighted by atomic mass is 10.1. The van der Waals surface area contributed by atoms with Crippen molar-refractivity contribution in [1.29, 1.82) is 0 Å². The van der Waals surface area contributed by atoms with Crippen LogP contribution in [0.5, 0.6) is 0 Å². The summed E-state index contributed by atoms with van der Waals surface area (Å²) >= 11 is 0. The average molecular weight is 383 g/mol. The normalized spacial score (nSPS) is 20.3. The van der Waals surface area contributed by atoms with Crippen molar-refractivity contribution >= 4 is 15.9 Å². The molecule has 1 aromatic rings. The van der Waals surface area contributed by atoms with Crippen molar-refractivity contribution in [3.05, 3.63) is 29.6 Å². The Morgan fingerprint density at radius 1 is 1.04 bits per heavy atom. The first-order valence-electron chi connectivity index (χ1n) is 9.25. The molecule has 2 aliphatic heterocycles. The molecule has 0 atom stereocenters. The summed E-state index contributed by atoms with van der Waals surface area (Å²) in [6.07, 6.45) is 2.54. The first kappa shape index (κ1) is 19.3. The average Bonchev–Trinajstić information content (AvgIpc) is 2.68. The van der Waals surface area contributed by atoms with Crippen LogP contribution in [0.15, 0.2) is 23.1 Å². The smallest absolute Gasteiger partial charge is 0.253 e. The number of halogens is 1. The van der Waals surface area contributed by atoms with Gasteiger partial charge in [-0.1, -0.05) is 13.3 Å². The Morgan fingerprint density at radius 2 is 1.69 bits per heavy atom. The molecule has 2 aliphatic rings. The molecule has 1 amide bonds. The zero-order valence-corrected chi connectivity index (χ0v) is 16.0. The van der Waals surface area contributed by atoms with E-state index in [-0.39, 0.29) is 11.5 Å². The van der Waals surface area contributed by atoms with E-state index in [1.807, 2.05) is 0 Å². The van der Waals surface area contributed by atoms with Crippen molar-refractivity contribution in [1.82, 2.24) is 14.1 Å². The van der Waals surface area contributed by atoms with Gasteiger partial charge in [0.15, 0.2) is 0 Å². The lowest BCUT2D eigenvalue weighted by molar-refractivity contribution is 0.0643. The Kier molecular flexibility index (Phi) is 5.94. The molecule has 1 aromatic carbocycles. The summed E-state index contributed by atoms with van der Waals surface area (Å²) in [5, 5.41) is 0. The zero-order valence-electron chi connectivity index (χ0n) is 15.2. The third-order valence-corrected chi connectivity index (χ3v) is 7.13. The minimum Gasteiger partial charge on any atom is -0.336 e. The highest BCUT2D eigenvalue weighted by molar-refractivity contribution is 7.89. The van der Waals surface area contributed by atoms with Crippen LogP contribution in [-0.4, -0.2) is 74.2 Å². The summed E-state index contributed by atoms with van der Waals surface area (Å²) in [5.41, 5.74) is 0.229. The highest BCUT2D eigenvalue weighted by Crippen LogP contribution is 2.24. The number of sulfonamides is 1. The number of carbonyl (C=O) groups excluding carboxylic acids is 1. The Hall–Kier alpha value is -1.51. The van der Waals surface area contributed by atoms with Gasteiger partial charge in [0.1, 0.15) is 10.7 Å². The monoisotopic (exact) mass is 383 g/mol. The molecular formula is C18H26FN3O3S. The van der Waals surface area contributed by atoms with E-state index in [0.717, 1.165) is 45.0 Å². The molecular weight excluding hydrogens is 357 g/mol. The van der Waals surface area contributed by atoms with Gasteiger partial charge in [0.05, 0.1) is 0 Å². The second-order valence-electron chi connectivity index (χ2n) is 6.84. The minimum atomic E-state index is -3.91. The maximum absolute atomic E-state index is 14.3. The van der Waals surface area contributed by atoms with Crippen molar-refractivity contribution in [3.8, 4) is 0 Å². The van der Waals surface area contributed by atoms with E-state index in [4.69, 9.17) is 0 Å². The van der Waals surface area contributed by atoms with Crippen LogP contribution in [0.1, 0.15) is 36.5 Å². The minimum absolute atomic E-state index is 0.229. The number of carbonyl (C=O) groups is 1. The number of nitrogens with zero attached hydrogens (tertiary/aromatic N) is 3. The number of piperidine rings is 1. The summed E-state index contributed by atoms with van der Waals surface area (Å²) in [5.74, 6) is -1.04. The molecule has 0 saturated carbocycles. The van der Waals surface area contributed by atoms with Gasteiger partial charge in [-0.15, -0.1) is 0 Å². The van der Waals surface area contributed by atoms with Crippen LogP contribution in [0.3, 0.4) is 0 Å². The highest BCUT2D eigenvalue weighted by atomic mass is 32.2. The summed E-state index contributed by atoms with van der Waals surface area (Å²) in [7, 11) is -3.91. The summed E-state index contributed by atoms with van der Waals surface area (Å²) < 4.78 is 41.2. The maximum Gasteiger partial charge on any atom is 0.253 e. The highest BCUT2D eigenvalue weighted by Gasteiger charge is 2.30. The number of likely N-dealkylation sites (N-methyl/N-ethyl adjacent to an activating group) is 1. The van der Waals surface area contributed by atoms with Gasteiger partial charge in [-0.25, -0.2) is 12.8 Å². The second-order valence-corrected chi connectivity index (χ2v) is 8.74. The number of amides is 1. The quantitative estimate of drug-likeness (QED) is 0.795. The van der Waals surface area contributed by atoms with Gasteiger partial charge in [-0.2, -0.15) is 4.31 Å². The predicted molar refractivity (Wildman–Crippen MR) is 97.0 cm³/mol. The van der Waals surface area contributed by atoms with Gasteiger partial charge in [0.25, 0.3) is 5.91 Å². The Bertz CT molecular complexity index is 755. The predicted octanol–water partition coefficient (Wildman–Crippen LogP) is 1.78. The van der Waals surface area contributed by atoms with E-state index in [0.29, 0.717) is 26.2 Å². The first-order chi connectivity index (χ1) is 12.4. The number of benzene rings is 1. The molecule has 0 aromatic heterocycles. The van der Waals surface area contributed by atoms with Crippen molar-refractivity contribution in [2.75, 3.05) is 45.8 Å². The number of piperazine rings is 1. The van der Waals surface area contributed by atoms with Gasteiger partial charge in [0.2, 0.25) is 10.0 Å². The molecule has 0 N–H and O–H groups in total. The van der Waals surface area contributed by atoms with E-state index in [2.05, 4.69) is 11.8 Å². The molecule has 0 spiro atoms. The van der Waals surface area contributed by atoms with E-state index in [1.54, 1.807) is 4.90 Å². The van der Waals surface area contributed by atoms with Gasteiger partial charge < -0.3 is 9.80 Å². The summed E-state index contributed by atoms with van der Waals surface area (Å²) in [4.78, 5) is 16.3. The van der Waals surface area contributed by atoms with Gasteiger partial charge in [0, 0.05) is 44.8 Å². The van der Waals surface area contributed by atoms with Crippen LogP contribution < -0.4 is 0 Å². The fourth-order valence-electron chi connectivity index (χ4n) is 3.53. The summed E-state index contributed by atoms with van der Waals surface area (Å²) in [6, 6.07) is 3.67. The van der Waals surface area contributed by atoms with E-state index in [1.165, 1.54) is 16.4 Å². The number of rotatable bonds is 4. The molecule has 2 heterocycles. The molecule has 8 heteroatoms. The molecule has 0 aliphatic carbocycles. The molecule has 0 bridgehead atoms. The third kappa shape index (κ3) is 3.92. The maximum atomic E-state index is 14.3. The first-order valence-corrected chi connectivity index (χ1v) is 10.7. The van der Waals surface area contributed by atoms with E-state index < -0.39 is 20.7 Å². The van der Waals surface area contributed by atoms with Crippen molar-refractivity contribution in [2.45, 2.75) is 31.1 Å². The van der Waals surface area contributed by atoms with E-state index >= 15 is 0 Å². The van der Waals surface area contributed by atoms with Gasteiger partial charge in [-0.3, -0.25) is 4.79 Å². The topological polar surface area (TPSA) is 60.9 Å². The van der Waals surface area contributed by atoms with Crippen LogP contribution in [0.2, 0.25) is 0 Å². The number of hydrogen-bond donors (Lipinski definition) is 0. The standard InChI is InChI=1S/C18H26FN3O3S/c1-2-20-10-12-21(13-11-20)18(23)15-6-7-16(19)17(14-15)26(24,25)22-8-4-3-5-9-22/h6-7,14H,2-5,8-13H2,1H3. The largest absolute Gasteiger partial charge is 0.336 e. The Labute approximate surface area is 154 Å². The zero-order chi connectivity index (χ0) is 18.7. The molecule has 3 rings (SSSR count). The molecule has 26 heavy (non-hydrogen) atoms. The third-order valence-electron chi connectivity index (χ3n) is 5.22. The summed E-state index contributed by atoms with van der Waals surface area (Å²) in [6.45, 7) is 6.60. The molecule has 144 valence electrons. The number of hydrogen-bond acceptors (Lipinski definition) is 4. The fraction of sp³-hybridized carbons (Fsp3) is 0.611. The van der Waals surface area contributed by atoms with Gasteiger partial charge >= 0.3 is 0 Å². The molecule has 0 unspecified atom stereocenters.